The number of pyridine rings is 1. The Kier molecular flexibility index (Phi) is 3.99. The van der Waals surface area contributed by atoms with Gasteiger partial charge in [0, 0.05) is 21.4 Å². The van der Waals surface area contributed by atoms with E-state index in [1.165, 1.54) is 9.36 Å². The van der Waals surface area contributed by atoms with Crippen LogP contribution in [-0.2, 0) is 12.8 Å². The molecular formula is C24H19BrN4O2. The molecule has 1 aliphatic carbocycles. The Morgan fingerprint density at radius 2 is 1.61 bits per heavy atom. The van der Waals surface area contributed by atoms with Crippen LogP contribution in [-0.4, -0.2) is 14.3 Å². The number of benzene rings is 2. The van der Waals surface area contributed by atoms with Crippen LogP contribution in [0.25, 0.3) is 16.6 Å². The molecule has 7 heteroatoms. The van der Waals surface area contributed by atoms with Crippen molar-refractivity contribution in [2.75, 3.05) is 5.73 Å². The number of nitrogen functional groups attached to an aromatic ring is 1. The van der Waals surface area contributed by atoms with E-state index in [-0.39, 0.29) is 11.1 Å². The molecular weight excluding hydrogens is 456 g/mol. The van der Waals surface area contributed by atoms with Crippen LogP contribution in [0.5, 0.6) is 0 Å². The van der Waals surface area contributed by atoms with Gasteiger partial charge in [0.15, 0.2) is 5.82 Å². The van der Waals surface area contributed by atoms with Crippen LogP contribution in [0.3, 0.4) is 0 Å². The Balaban J connectivity index is 1.82. The highest BCUT2D eigenvalue weighted by molar-refractivity contribution is 9.10. The van der Waals surface area contributed by atoms with Gasteiger partial charge in [0.1, 0.15) is 6.04 Å². The predicted molar refractivity (Wildman–Crippen MR) is 124 cm³/mol. The number of nitrogens with two attached hydrogens (primary N) is 1. The average molecular weight is 475 g/mol. The summed E-state index contributed by atoms with van der Waals surface area (Å²) in [6, 6.07) is 14.2. The lowest BCUT2D eigenvalue weighted by Gasteiger charge is -2.21. The van der Waals surface area contributed by atoms with E-state index in [2.05, 4.69) is 15.9 Å². The molecule has 0 radical (unpaired) electrons. The zero-order valence-electron chi connectivity index (χ0n) is 16.6. The third-order valence-electron chi connectivity index (χ3n) is 6.46. The van der Waals surface area contributed by atoms with E-state index < -0.39 is 6.04 Å². The second kappa shape index (κ2) is 6.65. The predicted octanol–water partition coefficient (Wildman–Crippen LogP) is 3.72. The maximum Gasteiger partial charge on any atom is 0.279 e. The molecule has 0 fully saturated rings. The zero-order chi connectivity index (χ0) is 21.3. The number of rotatable bonds is 1. The molecule has 4 aromatic rings. The summed E-state index contributed by atoms with van der Waals surface area (Å²) in [4.78, 5) is 32.2. The molecule has 3 heterocycles. The molecule has 154 valence electrons. The molecule has 31 heavy (non-hydrogen) atoms. The van der Waals surface area contributed by atoms with Gasteiger partial charge in [-0.25, -0.2) is 9.67 Å². The van der Waals surface area contributed by atoms with Crippen LogP contribution in [0.1, 0.15) is 41.3 Å². The number of halogens is 1. The Labute approximate surface area is 186 Å². The number of anilines is 1. The van der Waals surface area contributed by atoms with Crippen molar-refractivity contribution in [3.05, 3.63) is 96.1 Å². The lowest BCUT2D eigenvalue weighted by atomic mass is 9.90. The standard InChI is InChI=1S/C24H19BrN4O2/c25-17-11-5-3-9-15(17)21-19-20(26)16-10-4-6-12-18(16)27-22(19)29-24(31)14-8-2-1-7-13(14)23(30)28(21)29/h1-3,5,7-9,11,21H,4,6,10,12H2,(H2,26,27). The second-order valence-corrected chi connectivity index (χ2v) is 8.99. The van der Waals surface area contributed by atoms with Crippen molar-refractivity contribution in [3.63, 3.8) is 0 Å². The molecule has 2 aromatic carbocycles. The maximum absolute atomic E-state index is 13.7. The number of aryl methyl sites for hydroxylation is 1. The summed E-state index contributed by atoms with van der Waals surface area (Å²) in [7, 11) is 0. The number of nitrogens with zero attached hydrogens (tertiary/aromatic N) is 3. The highest BCUT2D eigenvalue weighted by Gasteiger charge is 2.38. The van der Waals surface area contributed by atoms with Crippen LogP contribution >= 0.6 is 15.9 Å². The third-order valence-corrected chi connectivity index (χ3v) is 7.18. The van der Waals surface area contributed by atoms with Gasteiger partial charge in [-0.3, -0.25) is 9.59 Å². The summed E-state index contributed by atoms with van der Waals surface area (Å²) in [5, 5.41) is 0.789. The van der Waals surface area contributed by atoms with Crippen molar-refractivity contribution in [2.24, 2.45) is 0 Å². The lowest BCUT2D eigenvalue weighted by molar-refractivity contribution is 0.539. The molecule has 0 bridgehead atoms. The van der Waals surface area contributed by atoms with Crippen LogP contribution in [0, 0.1) is 0 Å². The van der Waals surface area contributed by atoms with Gasteiger partial charge in [-0.15, -0.1) is 0 Å². The van der Waals surface area contributed by atoms with Gasteiger partial charge in [-0.05, 0) is 55.0 Å². The van der Waals surface area contributed by atoms with Gasteiger partial charge in [-0.2, -0.15) is 4.68 Å². The lowest BCUT2D eigenvalue weighted by Crippen LogP contribution is -2.36. The Hall–Kier alpha value is -3.19. The molecule has 2 N–H and O–H groups in total. The first-order valence-electron chi connectivity index (χ1n) is 10.4. The van der Waals surface area contributed by atoms with Gasteiger partial charge in [0.25, 0.3) is 11.1 Å². The first kappa shape index (κ1) is 18.6. The first-order chi connectivity index (χ1) is 15.1. The summed E-state index contributed by atoms with van der Waals surface area (Å²) in [5.41, 5.74) is 10.5. The number of hydrogen-bond donors (Lipinski definition) is 1. The van der Waals surface area contributed by atoms with Crippen molar-refractivity contribution >= 4 is 32.4 Å². The molecule has 0 spiro atoms. The summed E-state index contributed by atoms with van der Waals surface area (Å²) < 4.78 is 3.82. The number of aromatic nitrogens is 3. The molecule has 0 saturated carbocycles. The minimum Gasteiger partial charge on any atom is -0.398 e. The Morgan fingerprint density at radius 3 is 2.39 bits per heavy atom. The fourth-order valence-corrected chi connectivity index (χ4v) is 5.53. The highest BCUT2D eigenvalue weighted by atomic mass is 79.9. The minimum absolute atomic E-state index is 0.230. The van der Waals surface area contributed by atoms with E-state index in [1.54, 1.807) is 24.3 Å². The van der Waals surface area contributed by atoms with Crippen molar-refractivity contribution in [2.45, 2.75) is 31.7 Å². The number of hydrogen-bond acceptors (Lipinski definition) is 4. The first-order valence-corrected chi connectivity index (χ1v) is 11.2. The van der Waals surface area contributed by atoms with E-state index in [4.69, 9.17) is 10.7 Å². The maximum atomic E-state index is 13.7. The second-order valence-electron chi connectivity index (χ2n) is 8.13. The van der Waals surface area contributed by atoms with Crippen molar-refractivity contribution in [1.29, 1.82) is 0 Å². The van der Waals surface area contributed by atoms with E-state index in [0.29, 0.717) is 22.3 Å². The summed E-state index contributed by atoms with van der Waals surface area (Å²) in [6.45, 7) is 0. The highest BCUT2D eigenvalue weighted by Crippen LogP contribution is 2.43. The van der Waals surface area contributed by atoms with E-state index in [0.717, 1.165) is 52.5 Å². The van der Waals surface area contributed by atoms with Gasteiger partial charge < -0.3 is 5.73 Å². The van der Waals surface area contributed by atoms with Gasteiger partial charge >= 0.3 is 0 Å². The third kappa shape index (κ3) is 2.47. The van der Waals surface area contributed by atoms with Crippen LogP contribution < -0.4 is 16.9 Å². The van der Waals surface area contributed by atoms with Crippen molar-refractivity contribution in [1.82, 2.24) is 14.3 Å². The molecule has 2 aliphatic rings. The molecule has 2 aromatic heterocycles. The molecule has 6 nitrogen and oxygen atoms in total. The molecule has 1 aliphatic heterocycles. The quantitative estimate of drug-likeness (QED) is 0.401. The zero-order valence-corrected chi connectivity index (χ0v) is 18.2. The van der Waals surface area contributed by atoms with Crippen molar-refractivity contribution < 1.29 is 0 Å². The SMILES string of the molecule is Nc1c2c(nc3c1C(c1ccccc1Br)n1c(=O)c4ccccc4c(=O)n1-3)CCCC2. The fourth-order valence-electron chi connectivity index (χ4n) is 5.02. The monoisotopic (exact) mass is 474 g/mol. The van der Waals surface area contributed by atoms with E-state index >= 15 is 0 Å². The van der Waals surface area contributed by atoms with E-state index in [9.17, 15) is 9.59 Å². The summed E-state index contributed by atoms with van der Waals surface area (Å²) in [5.74, 6) is 0.478. The van der Waals surface area contributed by atoms with Gasteiger partial charge in [0.05, 0.1) is 10.8 Å². The molecule has 1 atom stereocenters. The minimum atomic E-state index is -0.532. The fraction of sp³-hybridized carbons (Fsp3) is 0.208. The normalized spacial score (nSPS) is 16.7. The average Bonchev–Trinajstić information content (AvgIpc) is 3.13. The molecule has 1 unspecified atom stereocenters. The van der Waals surface area contributed by atoms with Crippen LogP contribution in [0.4, 0.5) is 5.69 Å². The smallest absolute Gasteiger partial charge is 0.279 e. The molecule has 0 saturated heterocycles. The van der Waals surface area contributed by atoms with E-state index in [1.807, 2.05) is 24.3 Å². The topological polar surface area (TPSA) is 82.9 Å². The van der Waals surface area contributed by atoms with Crippen LogP contribution in [0.2, 0.25) is 0 Å². The Morgan fingerprint density at radius 1 is 0.935 bits per heavy atom. The molecule has 6 rings (SSSR count). The molecule has 0 amide bonds. The Bertz CT molecular complexity index is 1520. The summed E-state index contributed by atoms with van der Waals surface area (Å²) in [6.07, 6.45) is 3.81. The largest absolute Gasteiger partial charge is 0.398 e. The van der Waals surface area contributed by atoms with Crippen molar-refractivity contribution in [3.8, 4) is 5.82 Å². The van der Waals surface area contributed by atoms with Gasteiger partial charge in [-0.1, -0.05) is 46.3 Å². The summed E-state index contributed by atoms with van der Waals surface area (Å²) >= 11 is 3.64. The number of fused-ring (bicyclic) bond motifs is 5. The van der Waals surface area contributed by atoms with Crippen LogP contribution in [0.15, 0.2) is 62.6 Å². The van der Waals surface area contributed by atoms with Gasteiger partial charge in [0.2, 0.25) is 0 Å².